The number of fused-ring (bicyclic) bond motifs is 1. The van der Waals surface area contributed by atoms with E-state index in [1.54, 1.807) is 0 Å². The summed E-state index contributed by atoms with van der Waals surface area (Å²) in [6, 6.07) is 12.8. The van der Waals surface area contributed by atoms with Crippen LogP contribution in [0.15, 0.2) is 36.4 Å². The van der Waals surface area contributed by atoms with Gasteiger partial charge in [0.1, 0.15) is 11.9 Å². The van der Waals surface area contributed by atoms with E-state index in [0.29, 0.717) is 17.4 Å². The lowest BCUT2D eigenvalue weighted by Gasteiger charge is -2.38. The molecule has 3 aliphatic rings. The van der Waals surface area contributed by atoms with Crippen molar-refractivity contribution >= 4 is 23.4 Å². The summed E-state index contributed by atoms with van der Waals surface area (Å²) in [7, 11) is -0.328. The zero-order valence-corrected chi connectivity index (χ0v) is 18.9. The highest BCUT2D eigenvalue weighted by atomic mass is 16.7. The molecule has 1 saturated carbocycles. The zero-order chi connectivity index (χ0) is 21.1. The monoisotopic (exact) mass is 408 g/mol. The van der Waals surface area contributed by atoms with Crippen LogP contribution in [-0.4, -0.2) is 37.6 Å². The Morgan fingerprint density at radius 3 is 2.27 bits per heavy atom. The largest absolute Gasteiger partial charge is 0.494 e. The molecule has 0 amide bonds. The fourth-order valence-electron chi connectivity index (χ4n) is 4.41. The van der Waals surface area contributed by atoms with E-state index in [1.807, 2.05) is 0 Å². The van der Waals surface area contributed by atoms with Crippen molar-refractivity contribution in [3.63, 3.8) is 0 Å². The summed E-state index contributed by atoms with van der Waals surface area (Å²) in [6.45, 7) is 12.5. The van der Waals surface area contributed by atoms with Gasteiger partial charge in [0, 0.05) is 5.41 Å². The SMILES string of the molecule is CC1(CCC2CC2Oc2ccc3cc(B4OC(C)(C)C(C)(C)O4)ccc3c2)COC1. The van der Waals surface area contributed by atoms with Crippen LogP contribution < -0.4 is 10.2 Å². The molecule has 2 atom stereocenters. The minimum absolute atomic E-state index is 0.325. The molecule has 2 aliphatic heterocycles. The molecule has 0 bridgehead atoms. The summed E-state index contributed by atoms with van der Waals surface area (Å²) in [5.41, 5.74) is 0.818. The smallest absolute Gasteiger partial charge is 0.490 e. The third-order valence-corrected chi connectivity index (χ3v) is 7.53. The van der Waals surface area contributed by atoms with Crippen molar-refractivity contribution in [2.75, 3.05) is 13.2 Å². The molecule has 5 rings (SSSR count). The van der Waals surface area contributed by atoms with E-state index >= 15 is 0 Å². The first-order valence-electron chi connectivity index (χ1n) is 11.3. The topological polar surface area (TPSA) is 36.9 Å². The van der Waals surface area contributed by atoms with Crippen molar-refractivity contribution in [3.8, 4) is 5.75 Å². The van der Waals surface area contributed by atoms with Crippen LogP contribution in [0.25, 0.3) is 10.8 Å². The maximum atomic E-state index is 6.27. The highest BCUT2D eigenvalue weighted by Gasteiger charge is 2.51. The van der Waals surface area contributed by atoms with E-state index in [-0.39, 0.29) is 18.3 Å². The highest BCUT2D eigenvalue weighted by molar-refractivity contribution is 6.62. The molecule has 2 unspecified atom stereocenters. The lowest BCUT2D eigenvalue weighted by Crippen LogP contribution is -2.41. The van der Waals surface area contributed by atoms with Crippen molar-refractivity contribution in [2.45, 2.75) is 71.2 Å². The Morgan fingerprint density at radius 1 is 0.933 bits per heavy atom. The summed E-state index contributed by atoms with van der Waals surface area (Å²) >= 11 is 0. The second kappa shape index (κ2) is 6.98. The Kier molecular flexibility index (Phi) is 4.73. The first kappa shape index (κ1) is 20.4. The Balaban J connectivity index is 1.22. The highest BCUT2D eigenvalue weighted by Crippen LogP contribution is 2.43. The fraction of sp³-hybridized carbons (Fsp3) is 0.600. The zero-order valence-electron chi connectivity index (χ0n) is 18.9. The van der Waals surface area contributed by atoms with Gasteiger partial charge in [-0.25, -0.2) is 0 Å². The van der Waals surface area contributed by atoms with Gasteiger partial charge in [0.2, 0.25) is 0 Å². The van der Waals surface area contributed by atoms with E-state index in [2.05, 4.69) is 71.0 Å². The maximum Gasteiger partial charge on any atom is 0.494 e. The average Bonchev–Trinajstić information content (AvgIpc) is 3.36. The molecule has 3 fully saturated rings. The van der Waals surface area contributed by atoms with Gasteiger partial charge < -0.3 is 18.8 Å². The number of rotatable bonds is 6. The van der Waals surface area contributed by atoms with Crippen molar-refractivity contribution in [2.24, 2.45) is 11.3 Å². The standard InChI is InChI=1S/C25H33BO4/c1-23(2)24(3,4)30-26(29-23)20-8-6-18-13-21(9-7-17(18)12-20)28-22-14-19(22)10-11-25(5)15-27-16-25/h6-9,12-13,19,22H,10-11,14-16H2,1-5H3. The summed E-state index contributed by atoms with van der Waals surface area (Å²) in [5, 5.41) is 2.36. The van der Waals surface area contributed by atoms with Crippen molar-refractivity contribution in [1.82, 2.24) is 0 Å². The van der Waals surface area contributed by atoms with E-state index < -0.39 is 0 Å². The van der Waals surface area contributed by atoms with Gasteiger partial charge in [-0.3, -0.25) is 0 Å². The van der Waals surface area contributed by atoms with Gasteiger partial charge in [0.15, 0.2) is 0 Å². The maximum absolute atomic E-state index is 6.27. The van der Waals surface area contributed by atoms with Gasteiger partial charge in [-0.2, -0.15) is 0 Å². The predicted octanol–water partition coefficient (Wildman–Crippen LogP) is 4.72. The summed E-state index contributed by atoms with van der Waals surface area (Å²) in [4.78, 5) is 0. The molecule has 4 nitrogen and oxygen atoms in total. The molecule has 30 heavy (non-hydrogen) atoms. The summed E-state index contributed by atoms with van der Waals surface area (Å²) in [5.74, 6) is 1.67. The van der Waals surface area contributed by atoms with Gasteiger partial charge >= 0.3 is 7.12 Å². The van der Waals surface area contributed by atoms with E-state index in [4.69, 9.17) is 18.8 Å². The van der Waals surface area contributed by atoms with E-state index in [0.717, 1.165) is 24.4 Å². The van der Waals surface area contributed by atoms with Crippen molar-refractivity contribution < 1.29 is 18.8 Å². The van der Waals surface area contributed by atoms with Crippen molar-refractivity contribution in [1.29, 1.82) is 0 Å². The van der Waals surface area contributed by atoms with Crippen molar-refractivity contribution in [3.05, 3.63) is 36.4 Å². The van der Waals surface area contributed by atoms with E-state index in [1.165, 1.54) is 30.0 Å². The molecule has 2 heterocycles. The van der Waals surface area contributed by atoms with Gasteiger partial charge in [-0.1, -0.05) is 31.2 Å². The molecule has 160 valence electrons. The van der Waals surface area contributed by atoms with Crippen LogP contribution >= 0.6 is 0 Å². The number of ether oxygens (including phenoxy) is 2. The molecular formula is C25H33BO4. The molecular weight excluding hydrogens is 375 g/mol. The Labute approximate surface area is 180 Å². The number of hydrogen-bond donors (Lipinski definition) is 0. The molecule has 0 aromatic heterocycles. The van der Waals surface area contributed by atoms with E-state index in [9.17, 15) is 0 Å². The molecule has 2 saturated heterocycles. The minimum Gasteiger partial charge on any atom is -0.490 e. The summed E-state index contributed by atoms with van der Waals surface area (Å²) in [6.07, 6.45) is 4.04. The number of hydrogen-bond acceptors (Lipinski definition) is 4. The molecule has 1 aliphatic carbocycles. The van der Waals surface area contributed by atoms with Gasteiger partial charge in [0.05, 0.1) is 24.4 Å². The van der Waals surface area contributed by atoms with Crippen LogP contribution in [0.5, 0.6) is 5.75 Å². The van der Waals surface area contributed by atoms with Crippen LogP contribution in [0, 0.1) is 11.3 Å². The first-order valence-corrected chi connectivity index (χ1v) is 11.3. The lowest BCUT2D eigenvalue weighted by molar-refractivity contribution is -0.107. The third kappa shape index (κ3) is 3.76. The predicted molar refractivity (Wildman–Crippen MR) is 120 cm³/mol. The summed E-state index contributed by atoms with van der Waals surface area (Å²) < 4.78 is 24.0. The molecule has 2 aromatic carbocycles. The number of benzene rings is 2. The van der Waals surface area contributed by atoms with Gasteiger partial charge in [0.25, 0.3) is 0 Å². The Morgan fingerprint density at radius 2 is 1.60 bits per heavy atom. The molecule has 2 aromatic rings. The van der Waals surface area contributed by atoms with Crippen LogP contribution in [-0.2, 0) is 14.0 Å². The second-order valence-corrected chi connectivity index (χ2v) is 10.9. The molecule has 5 heteroatoms. The Bertz CT molecular complexity index is 933. The quantitative estimate of drug-likeness (QED) is 0.648. The molecule has 0 radical (unpaired) electrons. The molecule has 0 spiro atoms. The molecule has 0 N–H and O–H groups in total. The lowest BCUT2D eigenvalue weighted by atomic mass is 9.78. The van der Waals surface area contributed by atoms with Crippen LogP contribution in [0.2, 0.25) is 0 Å². The van der Waals surface area contributed by atoms with Crippen LogP contribution in [0.4, 0.5) is 0 Å². The minimum atomic E-state index is -0.328. The fourth-order valence-corrected chi connectivity index (χ4v) is 4.41. The third-order valence-electron chi connectivity index (χ3n) is 7.53. The normalized spacial score (nSPS) is 28.4. The second-order valence-electron chi connectivity index (χ2n) is 10.9. The van der Waals surface area contributed by atoms with Crippen LogP contribution in [0.3, 0.4) is 0 Å². The van der Waals surface area contributed by atoms with Gasteiger partial charge in [-0.05, 0) is 81.2 Å². The Hall–Kier alpha value is -1.56. The first-order chi connectivity index (χ1) is 14.1. The average molecular weight is 408 g/mol. The van der Waals surface area contributed by atoms with Crippen LogP contribution in [0.1, 0.15) is 53.9 Å². The van der Waals surface area contributed by atoms with Gasteiger partial charge in [-0.15, -0.1) is 0 Å².